The number of carbonyl (C=O) groups is 1. The van der Waals surface area contributed by atoms with Gasteiger partial charge in [-0.25, -0.2) is 4.98 Å². The summed E-state index contributed by atoms with van der Waals surface area (Å²) in [6.45, 7) is 2.31. The van der Waals surface area contributed by atoms with Gasteiger partial charge >= 0.3 is 5.97 Å². The first kappa shape index (κ1) is 10.5. The Kier molecular flexibility index (Phi) is 3.41. The van der Waals surface area contributed by atoms with E-state index >= 15 is 0 Å². The molecule has 76 valence electrons. The summed E-state index contributed by atoms with van der Waals surface area (Å²) in [5.41, 5.74) is 5.68. The highest BCUT2D eigenvalue weighted by Gasteiger charge is 2.15. The predicted molar refractivity (Wildman–Crippen MR) is 50.0 cm³/mol. The van der Waals surface area contributed by atoms with E-state index in [1.165, 1.54) is 0 Å². The topological polar surface area (TPSA) is 85.4 Å². The van der Waals surface area contributed by atoms with Crippen LogP contribution in [0.3, 0.4) is 0 Å². The monoisotopic (exact) mass is 196 g/mol. The molecule has 3 N–H and O–H groups in total. The molecule has 0 radical (unpaired) electrons. The number of carboxylic acid groups (broad SMARTS) is 1. The molecule has 1 rings (SSSR count). The van der Waals surface area contributed by atoms with Gasteiger partial charge in [0.15, 0.2) is 0 Å². The van der Waals surface area contributed by atoms with Crippen molar-refractivity contribution in [3.05, 3.63) is 23.9 Å². The molecule has 0 aromatic carbocycles. The van der Waals surface area contributed by atoms with Crippen molar-refractivity contribution < 1.29 is 14.6 Å². The summed E-state index contributed by atoms with van der Waals surface area (Å²) in [6.07, 6.45) is 0. The first-order valence-corrected chi connectivity index (χ1v) is 4.23. The average Bonchev–Trinajstić information content (AvgIpc) is 2.17. The number of pyridine rings is 1. The van der Waals surface area contributed by atoms with Gasteiger partial charge in [0.25, 0.3) is 0 Å². The van der Waals surface area contributed by atoms with Gasteiger partial charge in [0.05, 0.1) is 12.3 Å². The normalized spacial score (nSPS) is 12.1. The van der Waals surface area contributed by atoms with E-state index in [1.807, 2.05) is 6.92 Å². The Balaban J connectivity index is 2.87. The van der Waals surface area contributed by atoms with Crippen molar-refractivity contribution in [3.63, 3.8) is 0 Å². The van der Waals surface area contributed by atoms with Crippen LogP contribution in [-0.4, -0.2) is 22.7 Å². The zero-order valence-corrected chi connectivity index (χ0v) is 7.80. The number of carboxylic acids is 1. The Morgan fingerprint density at radius 2 is 2.43 bits per heavy atom. The Hall–Kier alpha value is -1.62. The predicted octanol–water partition coefficient (Wildman–Crippen LogP) is 0.565. The lowest BCUT2D eigenvalue weighted by Gasteiger charge is -2.07. The van der Waals surface area contributed by atoms with Gasteiger partial charge in [-0.3, -0.25) is 4.79 Å². The minimum atomic E-state index is -1.11. The first-order valence-electron chi connectivity index (χ1n) is 4.23. The van der Waals surface area contributed by atoms with Gasteiger partial charge in [0.1, 0.15) is 6.04 Å². The summed E-state index contributed by atoms with van der Waals surface area (Å²) in [4.78, 5) is 14.5. The van der Waals surface area contributed by atoms with Crippen molar-refractivity contribution in [2.75, 3.05) is 6.61 Å². The maximum absolute atomic E-state index is 10.6. The summed E-state index contributed by atoms with van der Waals surface area (Å²) in [7, 11) is 0. The van der Waals surface area contributed by atoms with E-state index in [1.54, 1.807) is 18.2 Å². The molecule has 0 aliphatic heterocycles. The van der Waals surface area contributed by atoms with Gasteiger partial charge in [-0.1, -0.05) is 6.07 Å². The van der Waals surface area contributed by atoms with Crippen molar-refractivity contribution in [1.82, 2.24) is 4.98 Å². The highest BCUT2D eigenvalue weighted by atomic mass is 16.5. The van der Waals surface area contributed by atoms with Crippen LogP contribution in [-0.2, 0) is 4.79 Å². The number of nitrogens with zero attached hydrogens (tertiary/aromatic N) is 1. The molecule has 0 aliphatic rings. The number of hydrogen-bond donors (Lipinski definition) is 2. The van der Waals surface area contributed by atoms with Crippen LogP contribution >= 0.6 is 0 Å². The summed E-state index contributed by atoms with van der Waals surface area (Å²) >= 11 is 0. The Labute approximate surface area is 81.5 Å². The number of aromatic nitrogens is 1. The van der Waals surface area contributed by atoms with Gasteiger partial charge in [-0.05, 0) is 13.0 Å². The Bertz CT molecular complexity index is 328. The van der Waals surface area contributed by atoms with Crippen molar-refractivity contribution in [1.29, 1.82) is 0 Å². The highest BCUT2D eigenvalue weighted by molar-refractivity contribution is 5.74. The molecule has 0 aliphatic carbocycles. The van der Waals surface area contributed by atoms with Crippen LogP contribution in [0.5, 0.6) is 5.88 Å². The molecule has 1 aromatic rings. The summed E-state index contributed by atoms with van der Waals surface area (Å²) in [6, 6.07) is 3.77. The molecule has 0 saturated carbocycles. The second-order valence-corrected chi connectivity index (χ2v) is 2.65. The molecule has 1 aromatic heterocycles. The largest absolute Gasteiger partial charge is 0.480 e. The van der Waals surface area contributed by atoms with E-state index in [2.05, 4.69) is 4.98 Å². The zero-order valence-electron chi connectivity index (χ0n) is 7.80. The number of ether oxygens (including phenoxy) is 1. The third-order valence-corrected chi connectivity index (χ3v) is 1.62. The lowest BCUT2D eigenvalue weighted by atomic mass is 10.2. The fourth-order valence-corrected chi connectivity index (χ4v) is 0.959. The summed E-state index contributed by atoms with van der Waals surface area (Å²) in [5.74, 6) is -0.715. The molecule has 5 heteroatoms. The molecule has 0 saturated heterocycles. The van der Waals surface area contributed by atoms with Crippen LogP contribution in [0.1, 0.15) is 18.7 Å². The van der Waals surface area contributed by atoms with E-state index in [0.29, 0.717) is 18.2 Å². The Morgan fingerprint density at radius 1 is 1.71 bits per heavy atom. The third-order valence-electron chi connectivity index (χ3n) is 1.62. The van der Waals surface area contributed by atoms with Gasteiger partial charge in [0.2, 0.25) is 5.88 Å². The fraction of sp³-hybridized carbons (Fsp3) is 0.333. The zero-order chi connectivity index (χ0) is 10.6. The van der Waals surface area contributed by atoms with Crippen molar-refractivity contribution in [2.24, 2.45) is 5.73 Å². The maximum atomic E-state index is 10.6. The quantitative estimate of drug-likeness (QED) is 0.735. The van der Waals surface area contributed by atoms with E-state index in [-0.39, 0.29) is 0 Å². The second kappa shape index (κ2) is 4.57. The molecule has 1 unspecified atom stereocenters. The van der Waals surface area contributed by atoms with Crippen LogP contribution < -0.4 is 10.5 Å². The van der Waals surface area contributed by atoms with Crippen LogP contribution in [0.25, 0.3) is 0 Å². The van der Waals surface area contributed by atoms with E-state index in [4.69, 9.17) is 15.6 Å². The molecule has 14 heavy (non-hydrogen) atoms. The molecular weight excluding hydrogens is 184 g/mol. The molecule has 0 fully saturated rings. The summed E-state index contributed by atoms with van der Waals surface area (Å²) < 4.78 is 5.12. The molecular formula is C9H12N2O3. The third kappa shape index (κ3) is 2.43. The Morgan fingerprint density at radius 3 is 3.00 bits per heavy atom. The lowest BCUT2D eigenvalue weighted by molar-refractivity contribution is -0.138. The van der Waals surface area contributed by atoms with Gasteiger partial charge in [0, 0.05) is 6.07 Å². The van der Waals surface area contributed by atoms with Crippen molar-refractivity contribution >= 4 is 5.97 Å². The van der Waals surface area contributed by atoms with Crippen LogP contribution in [0.4, 0.5) is 0 Å². The first-order chi connectivity index (χ1) is 6.65. The van der Waals surface area contributed by atoms with Gasteiger partial charge in [-0.15, -0.1) is 0 Å². The van der Waals surface area contributed by atoms with Crippen LogP contribution in [0.2, 0.25) is 0 Å². The van der Waals surface area contributed by atoms with Gasteiger partial charge in [-0.2, -0.15) is 0 Å². The standard InChI is InChI=1S/C9H12N2O3/c1-2-14-7-5-3-4-6(11-7)8(10)9(12)13/h3-5,8H,2,10H2,1H3,(H,12,13). The highest BCUT2D eigenvalue weighted by Crippen LogP contribution is 2.12. The minimum Gasteiger partial charge on any atom is -0.480 e. The lowest BCUT2D eigenvalue weighted by Crippen LogP contribution is -2.21. The molecule has 0 bridgehead atoms. The number of nitrogens with two attached hydrogens (primary N) is 1. The molecule has 1 atom stereocenters. The van der Waals surface area contributed by atoms with Crippen molar-refractivity contribution in [2.45, 2.75) is 13.0 Å². The smallest absolute Gasteiger partial charge is 0.326 e. The fourth-order valence-electron chi connectivity index (χ4n) is 0.959. The molecule has 0 spiro atoms. The summed E-state index contributed by atoms with van der Waals surface area (Å²) in [5, 5.41) is 8.65. The van der Waals surface area contributed by atoms with E-state index in [0.717, 1.165) is 0 Å². The molecule has 5 nitrogen and oxygen atoms in total. The van der Waals surface area contributed by atoms with E-state index < -0.39 is 12.0 Å². The van der Waals surface area contributed by atoms with Crippen LogP contribution in [0, 0.1) is 0 Å². The average molecular weight is 196 g/mol. The van der Waals surface area contributed by atoms with Gasteiger partial charge < -0.3 is 15.6 Å². The number of hydrogen-bond acceptors (Lipinski definition) is 4. The number of aliphatic carboxylic acids is 1. The van der Waals surface area contributed by atoms with Crippen LogP contribution in [0.15, 0.2) is 18.2 Å². The van der Waals surface area contributed by atoms with E-state index in [9.17, 15) is 4.79 Å². The second-order valence-electron chi connectivity index (χ2n) is 2.65. The molecule has 0 amide bonds. The minimum absolute atomic E-state index is 0.295. The molecule has 1 heterocycles. The number of rotatable bonds is 4. The van der Waals surface area contributed by atoms with Crippen molar-refractivity contribution in [3.8, 4) is 5.88 Å². The SMILES string of the molecule is CCOc1cccc(C(N)C(=O)O)n1. The maximum Gasteiger partial charge on any atom is 0.326 e.